The number of hydrogen-bond donors (Lipinski definition) is 1. The first-order valence-corrected chi connectivity index (χ1v) is 5.68. The number of aryl methyl sites for hydroxylation is 1. The van der Waals surface area contributed by atoms with Gasteiger partial charge in [-0.15, -0.1) is 11.3 Å². The van der Waals surface area contributed by atoms with Crippen molar-refractivity contribution in [2.75, 3.05) is 0 Å². The number of rotatable bonds is 2. The minimum Gasteiger partial charge on any atom is -0.323 e. The lowest BCUT2D eigenvalue weighted by molar-refractivity contribution is 0.781. The molecule has 3 nitrogen and oxygen atoms in total. The first-order chi connectivity index (χ1) is 7.18. The number of thiazole rings is 1. The maximum absolute atomic E-state index is 5.74. The third-order valence-corrected chi connectivity index (χ3v) is 3.24. The van der Waals surface area contributed by atoms with Gasteiger partial charge in [0.05, 0.1) is 21.8 Å². The van der Waals surface area contributed by atoms with E-state index in [2.05, 4.69) is 9.97 Å². The van der Waals surface area contributed by atoms with Gasteiger partial charge in [0, 0.05) is 17.8 Å². The molecule has 0 unspecified atom stereocenters. The lowest BCUT2D eigenvalue weighted by atomic mass is 10.1. The Morgan fingerprint density at radius 2 is 2.13 bits per heavy atom. The van der Waals surface area contributed by atoms with Gasteiger partial charge < -0.3 is 5.73 Å². The summed E-state index contributed by atoms with van der Waals surface area (Å²) in [6.45, 7) is 3.94. The fraction of sp³-hybridized carbons (Fsp3) is 0.273. The third kappa shape index (κ3) is 2.06. The van der Waals surface area contributed by atoms with Gasteiger partial charge in [0.25, 0.3) is 0 Å². The molecule has 0 aromatic carbocycles. The average molecular weight is 219 g/mol. The number of pyridine rings is 1. The molecule has 0 aliphatic heterocycles. The van der Waals surface area contributed by atoms with Crippen molar-refractivity contribution in [2.24, 2.45) is 5.73 Å². The molecule has 2 heterocycles. The van der Waals surface area contributed by atoms with E-state index in [-0.39, 0.29) is 6.04 Å². The highest BCUT2D eigenvalue weighted by Gasteiger charge is 2.06. The molecule has 0 fully saturated rings. The largest absolute Gasteiger partial charge is 0.323 e. The first kappa shape index (κ1) is 10.3. The Kier molecular flexibility index (Phi) is 2.79. The number of nitrogens with two attached hydrogens (primary N) is 1. The van der Waals surface area contributed by atoms with Crippen molar-refractivity contribution in [3.8, 4) is 10.4 Å². The van der Waals surface area contributed by atoms with Crippen LogP contribution in [0.4, 0.5) is 0 Å². The highest BCUT2D eigenvalue weighted by molar-refractivity contribution is 7.13. The first-order valence-electron chi connectivity index (χ1n) is 4.80. The van der Waals surface area contributed by atoms with E-state index in [0.717, 1.165) is 17.0 Å². The van der Waals surface area contributed by atoms with Crippen molar-refractivity contribution >= 4 is 11.3 Å². The molecule has 2 aromatic rings. The Morgan fingerprint density at radius 3 is 2.60 bits per heavy atom. The Labute approximate surface area is 93.0 Å². The van der Waals surface area contributed by atoms with Crippen LogP contribution in [-0.2, 0) is 0 Å². The molecular weight excluding hydrogens is 206 g/mol. The van der Waals surface area contributed by atoms with Crippen LogP contribution in [-0.4, -0.2) is 9.97 Å². The molecule has 2 N–H and O–H groups in total. The summed E-state index contributed by atoms with van der Waals surface area (Å²) in [5, 5.41) is 0. The molecular formula is C11H13N3S. The van der Waals surface area contributed by atoms with E-state index < -0.39 is 0 Å². The van der Waals surface area contributed by atoms with Crippen molar-refractivity contribution < 1.29 is 0 Å². The topological polar surface area (TPSA) is 51.8 Å². The van der Waals surface area contributed by atoms with Gasteiger partial charge in [-0.05, 0) is 19.9 Å². The number of hydrogen-bond acceptors (Lipinski definition) is 4. The molecule has 15 heavy (non-hydrogen) atoms. The highest BCUT2D eigenvalue weighted by Crippen LogP contribution is 2.26. The molecule has 2 aromatic heterocycles. The van der Waals surface area contributed by atoms with E-state index in [0.29, 0.717) is 0 Å². The molecule has 1 atom stereocenters. The van der Waals surface area contributed by atoms with Crippen LogP contribution in [0, 0.1) is 6.92 Å². The van der Waals surface area contributed by atoms with E-state index >= 15 is 0 Å². The lowest BCUT2D eigenvalue weighted by Gasteiger charge is -2.05. The molecule has 4 heteroatoms. The minimum absolute atomic E-state index is 0.0124. The van der Waals surface area contributed by atoms with Crippen LogP contribution in [0.25, 0.3) is 10.4 Å². The molecule has 0 radical (unpaired) electrons. The van der Waals surface area contributed by atoms with Gasteiger partial charge >= 0.3 is 0 Å². The van der Waals surface area contributed by atoms with Gasteiger partial charge in [0.15, 0.2) is 0 Å². The minimum atomic E-state index is -0.0124. The zero-order valence-corrected chi connectivity index (χ0v) is 9.58. The Balaban J connectivity index is 2.36. The molecule has 2 rings (SSSR count). The quantitative estimate of drug-likeness (QED) is 0.844. The summed E-state index contributed by atoms with van der Waals surface area (Å²) < 4.78 is 0. The summed E-state index contributed by atoms with van der Waals surface area (Å²) in [6, 6.07) is 4.01. The molecule has 0 spiro atoms. The zero-order chi connectivity index (χ0) is 10.8. The van der Waals surface area contributed by atoms with Crippen molar-refractivity contribution in [1.29, 1.82) is 0 Å². The summed E-state index contributed by atoms with van der Waals surface area (Å²) in [4.78, 5) is 9.73. The van der Waals surface area contributed by atoms with Crippen molar-refractivity contribution in [3.05, 3.63) is 35.2 Å². The molecule has 0 saturated carbocycles. The predicted molar refractivity (Wildman–Crippen MR) is 62.7 cm³/mol. The van der Waals surface area contributed by atoms with Gasteiger partial charge in [-0.3, -0.25) is 4.98 Å². The van der Waals surface area contributed by atoms with E-state index in [1.165, 1.54) is 4.88 Å². The Bertz CT molecular complexity index is 445. The van der Waals surface area contributed by atoms with Gasteiger partial charge in [0.1, 0.15) is 0 Å². The van der Waals surface area contributed by atoms with Gasteiger partial charge in [-0.25, -0.2) is 4.98 Å². The van der Waals surface area contributed by atoms with Crippen LogP contribution < -0.4 is 5.73 Å². The van der Waals surface area contributed by atoms with Crippen LogP contribution in [0.3, 0.4) is 0 Å². The van der Waals surface area contributed by atoms with E-state index in [1.54, 1.807) is 11.3 Å². The normalized spacial score (nSPS) is 12.7. The summed E-state index contributed by atoms with van der Waals surface area (Å²) in [6.07, 6.45) is 1.86. The van der Waals surface area contributed by atoms with E-state index in [9.17, 15) is 0 Å². The molecule has 0 bridgehead atoms. The van der Waals surface area contributed by atoms with Crippen molar-refractivity contribution in [2.45, 2.75) is 19.9 Å². The summed E-state index contributed by atoms with van der Waals surface area (Å²) in [5.41, 5.74) is 10.7. The Morgan fingerprint density at radius 1 is 1.33 bits per heavy atom. The molecule has 0 aliphatic rings. The number of aromatic nitrogens is 2. The monoisotopic (exact) mass is 219 g/mol. The van der Waals surface area contributed by atoms with Gasteiger partial charge in [-0.2, -0.15) is 0 Å². The van der Waals surface area contributed by atoms with E-state index in [4.69, 9.17) is 5.73 Å². The summed E-state index contributed by atoms with van der Waals surface area (Å²) in [7, 11) is 0. The van der Waals surface area contributed by atoms with Crippen LogP contribution in [0.1, 0.15) is 24.4 Å². The SMILES string of the molecule is Cc1ncsc1-c1ccc([C@H](C)N)nc1. The number of nitrogens with zero attached hydrogens (tertiary/aromatic N) is 2. The van der Waals surface area contributed by atoms with Crippen molar-refractivity contribution in [3.63, 3.8) is 0 Å². The van der Waals surface area contributed by atoms with Crippen LogP contribution in [0.15, 0.2) is 23.8 Å². The zero-order valence-electron chi connectivity index (χ0n) is 8.77. The second-order valence-electron chi connectivity index (χ2n) is 3.53. The molecule has 0 saturated heterocycles. The summed E-state index contributed by atoms with van der Waals surface area (Å²) in [5.74, 6) is 0. The maximum atomic E-state index is 5.74. The summed E-state index contributed by atoms with van der Waals surface area (Å²) >= 11 is 1.63. The van der Waals surface area contributed by atoms with Crippen molar-refractivity contribution in [1.82, 2.24) is 9.97 Å². The van der Waals surface area contributed by atoms with E-state index in [1.807, 2.05) is 37.7 Å². The fourth-order valence-corrected chi connectivity index (χ4v) is 2.18. The van der Waals surface area contributed by atoms with Gasteiger partial charge in [0.2, 0.25) is 0 Å². The molecule has 0 aliphatic carbocycles. The lowest BCUT2D eigenvalue weighted by Crippen LogP contribution is -2.06. The predicted octanol–water partition coefficient (Wildman–Crippen LogP) is 2.53. The second kappa shape index (κ2) is 4.08. The van der Waals surface area contributed by atoms with Crippen LogP contribution >= 0.6 is 11.3 Å². The third-order valence-electron chi connectivity index (χ3n) is 2.26. The second-order valence-corrected chi connectivity index (χ2v) is 4.38. The maximum Gasteiger partial charge on any atom is 0.0801 e. The van der Waals surface area contributed by atoms with Crippen LogP contribution in [0.2, 0.25) is 0 Å². The Hall–Kier alpha value is -1.26. The standard InChI is InChI=1S/C11H13N3S/c1-7(12)10-4-3-9(5-13-10)11-8(2)14-6-15-11/h3-7H,12H2,1-2H3/t7-/m0/s1. The van der Waals surface area contributed by atoms with Gasteiger partial charge in [-0.1, -0.05) is 6.07 Å². The highest BCUT2D eigenvalue weighted by atomic mass is 32.1. The van der Waals surface area contributed by atoms with Crippen LogP contribution in [0.5, 0.6) is 0 Å². The fourth-order valence-electron chi connectivity index (χ4n) is 1.39. The smallest absolute Gasteiger partial charge is 0.0801 e. The molecule has 78 valence electrons. The molecule has 0 amide bonds. The average Bonchev–Trinajstić information content (AvgIpc) is 2.65.